The van der Waals surface area contributed by atoms with Gasteiger partial charge in [-0.2, -0.15) is 0 Å². The Labute approximate surface area is 166 Å². The van der Waals surface area contributed by atoms with Crippen LogP contribution in [0.5, 0.6) is 0 Å². The van der Waals surface area contributed by atoms with Crippen molar-refractivity contribution in [2.75, 3.05) is 19.8 Å². The Kier molecular flexibility index (Phi) is 6.35. The summed E-state index contributed by atoms with van der Waals surface area (Å²) in [5.74, 6) is -3.22. The van der Waals surface area contributed by atoms with Crippen LogP contribution in [-0.4, -0.2) is 65.4 Å². The number of benzene rings is 1. The Morgan fingerprint density at radius 2 is 1.97 bits per heavy atom. The van der Waals surface area contributed by atoms with Gasteiger partial charge in [0.2, 0.25) is 11.8 Å². The number of rotatable bonds is 8. The standard InChI is InChI=1S/C19H21N3O7/c23-14-6-5-13(17(26)21-14)22-18(27)12-4-2-1-3-11(12)16(19(22)28)20-8-10-29-9-7-15(24)25/h1-4,13,16,20H,5-10H2,(H,24,25)(H,21,23,26). The van der Waals surface area contributed by atoms with E-state index in [2.05, 4.69) is 10.6 Å². The van der Waals surface area contributed by atoms with Gasteiger partial charge in [-0.05, 0) is 18.1 Å². The molecule has 0 bridgehead atoms. The van der Waals surface area contributed by atoms with Gasteiger partial charge in [0.1, 0.15) is 12.1 Å². The van der Waals surface area contributed by atoms with Crippen LogP contribution < -0.4 is 10.6 Å². The van der Waals surface area contributed by atoms with Gasteiger partial charge < -0.3 is 9.84 Å². The SMILES string of the molecule is O=C(O)CCOCCNC1C(=O)N(C2CCC(=O)NC2=O)C(=O)c2ccccc21. The molecule has 10 heteroatoms. The second-order valence-electron chi connectivity index (χ2n) is 6.71. The average Bonchev–Trinajstić information content (AvgIpc) is 2.68. The van der Waals surface area contributed by atoms with Gasteiger partial charge in [0.25, 0.3) is 11.8 Å². The molecule has 2 aliphatic rings. The lowest BCUT2D eigenvalue weighted by molar-refractivity contribution is -0.145. The second kappa shape index (κ2) is 8.93. The smallest absolute Gasteiger partial charge is 0.305 e. The second-order valence-corrected chi connectivity index (χ2v) is 6.71. The van der Waals surface area contributed by atoms with Crippen LogP contribution in [0.4, 0.5) is 0 Å². The van der Waals surface area contributed by atoms with Gasteiger partial charge in [-0.25, -0.2) is 0 Å². The third-order valence-corrected chi connectivity index (χ3v) is 4.78. The maximum atomic E-state index is 13.1. The van der Waals surface area contributed by atoms with Crippen LogP contribution in [0.2, 0.25) is 0 Å². The summed E-state index contributed by atoms with van der Waals surface area (Å²) in [6, 6.07) is 4.71. The van der Waals surface area contributed by atoms with Gasteiger partial charge in [-0.3, -0.25) is 39.5 Å². The molecule has 0 aromatic heterocycles. The summed E-state index contributed by atoms with van der Waals surface area (Å²) in [4.78, 5) is 61.1. The number of aliphatic carboxylic acids is 1. The number of carboxylic acids is 1. The van der Waals surface area contributed by atoms with Crippen LogP contribution >= 0.6 is 0 Å². The molecule has 1 aromatic carbocycles. The zero-order chi connectivity index (χ0) is 21.0. The maximum Gasteiger partial charge on any atom is 0.305 e. The minimum absolute atomic E-state index is 0.0463. The third-order valence-electron chi connectivity index (χ3n) is 4.78. The molecule has 0 saturated carbocycles. The van der Waals surface area contributed by atoms with Gasteiger partial charge in [0.05, 0.1) is 19.6 Å². The molecule has 2 unspecified atom stereocenters. The fraction of sp³-hybridized carbons (Fsp3) is 0.421. The topological polar surface area (TPSA) is 142 Å². The summed E-state index contributed by atoms with van der Waals surface area (Å²) < 4.78 is 5.22. The minimum atomic E-state index is -1.04. The maximum absolute atomic E-state index is 13.1. The molecule has 29 heavy (non-hydrogen) atoms. The lowest BCUT2D eigenvalue weighted by Gasteiger charge is -2.38. The third kappa shape index (κ3) is 4.49. The highest BCUT2D eigenvalue weighted by molar-refractivity contribution is 6.14. The molecule has 3 N–H and O–H groups in total. The fourth-order valence-corrected chi connectivity index (χ4v) is 3.40. The van der Waals surface area contributed by atoms with Crippen LogP contribution in [0, 0.1) is 0 Å². The molecular weight excluding hydrogens is 382 g/mol. The molecule has 0 radical (unpaired) electrons. The van der Waals surface area contributed by atoms with E-state index in [0.29, 0.717) is 11.1 Å². The largest absolute Gasteiger partial charge is 0.481 e. The number of carboxylic acid groups (broad SMARTS) is 1. The molecule has 1 fully saturated rings. The molecule has 4 amide bonds. The van der Waals surface area contributed by atoms with E-state index in [1.807, 2.05) is 0 Å². The Hall–Kier alpha value is -3.11. The molecule has 1 aromatic rings. The number of ether oxygens (including phenoxy) is 1. The summed E-state index contributed by atoms with van der Waals surface area (Å²) in [6.45, 7) is 0.459. The number of hydrogen-bond acceptors (Lipinski definition) is 7. The van der Waals surface area contributed by atoms with Crippen LogP contribution in [0.3, 0.4) is 0 Å². The lowest BCUT2D eigenvalue weighted by atomic mass is 9.91. The highest BCUT2D eigenvalue weighted by atomic mass is 16.5. The molecule has 154 valence electrons. The average molecular weight is 403 g/mol. The van der Waals surface area contributed by atoms with Crippen molar-refractivity contribution in [1.82, 2.24) is 15.5 Å². The summed E-state index contributed by atoms with van der Waals surface area (Å²) in [5.41, 5.74) is 0.803. The van der Waals surface area contributed by atoms with Gasteiger partial charge in [-0.1, -0.05) is 18.2 Å². The normalized spacial score (nSPS) is 21.7. The number of nitrogens with one attached hydrogen (secondary N) is 2. The van der Waals surface area contributed by atoms with E-state index in [4.69, 9.17) is 9.84 Å². The van der Waals surface area contributed by atoms with Crippen molar-refractivity contribution >= 4 is 29.6 Å². The number of amides is 4. The van der Waals surface area contributed by atoms with E-state index in [1.54, 1.807) is 24.3 Å². The summed E-state index contributed by atoms with van der Waals surface area (Å²) in [6.07, 6.45) is 0.00292. The van der Waals surface area contributed by atoms with Gasteiger partial charge in [0.15, 0.2) is 0 Å². The first-order valence-corrected chi connectivity index (χ1v) is 9.23. The predicted octanol–water partition coefficient (Wildman–Crippen LogP) is -0.404. The van der Waals surface area contributed by atoms with Gasteiger partial charge >= 0.3 is 5.97 Å². The number of carbonyl (C=O) groups is 5. The molecule has 10 nitrogen and oxygen atoms in total. The van der Waals surface area contributed by atoms with Crippen molar-refractivity contribution in [3.05, 3.63) is 35.4 Å². The molecule has 2 aliphatic heterocycles. The van der Waals surface area contributed by atoms with Crippen molar-refractivity contribution in [2.45, 2.75) is 31.3 Å². The lowest BCUT2D eigenvalue weighted by Crippen LogP contribution is -2.60. The molecule has 0 spiro atoms. The van der Waals surface area contributed by atoms with Crippen molar-refractivity contribution in [3.63, 3.8) is 0 Å². The molecular formula is C19H21N3O7. The Morgan fingerprint density at radius 1 is 1.21 bits per heavy atom. The first kappa shape index (κ1) is 20.6. The number of nitrogens with zero attached hydrogens (tertiary/aromatic N) is 1. The zero-order valence-corrected chi connectivity index (χ0v) is 15.6. The highest BCUT2D eigenvalue weighted by Crippen LogP contribution is 2.30. The van der Waals surface area contributed by atoms with Crippen LogP contribution in [-0.2, 0) is 23.9 Å². The number of fused-ring (bicyclic) bond motifs is 1. The molecule has 2 heterocycles. The molecule has 2 atom stereocenters. The van der Waals surface area contributed by atoms with E-state index >= 15 is 0 Å². The van der Waals surface area contributed by atoms with Crippen LogP contribution in [0.15, 0.2) is 24.3 Å². The van der Waals surface area contributed by atoms with Crippen molar-refractivity contribution in [1.29, 1.82) is 0 Å². The Morgan fingerprint density at radius 3 is 2.69 bits per heavy atom. The summed E-state index contributed by atoms with van der Waals surface area (Å²) in [5, 5.41) is 13.8. The Bertz CT molecular complexity index is 854. The van der Waals surface area contributed by atoms with Crippen molar-refractivity contribution < 1.29 is 33.8 Å². The molecule has 0 aliphatic carbocycles. The minimum Gasteiger partial charge on any atom is -0.481 e. The van der Waals surface area contributed by atoms with Crippen LogP contribution in [0.25, 0.3) is 0 Å². The summed E-state index contributed by atoms with van der Waals surface area (Å²) >= 11 is 0. The predicted molar refractivity (Wildman–Crippen MR) is 97.6 cm³/mol. The Balaban J connectivity index is 1.75. The number of imide groups is 2. The quantitative estimate of drug-likeness (QED) is 0.393. The highest BCUT2D eigenvalue weighted by Gasteiger charge is 2.45. The fourth-order valence-electron chi connectivity index (χ4n) is 3.40. The van der Waals surface area contributed by atoms with Crippen molar-refractivity contribution in [2.24, 2.45) is 0 Å². The summed E-state index contributed by atoms with van der Waals surface area (Å²) in [7, 11) is 0. The number of carbonyl (C=O) groups excluding carboxylic acids is 4. The first-order chi connectivity index (χ1) is 13.9. The number of hydrogen-bond donors (Lipinski definition) is 3. The van der Waals surface area contributed by atoms with E-state index in [0.717, 1.165) is 4.90 Å². The number of piperidine rings is 1. The van der Waals surface area contributed by atoms with E-state index in [-0.39, 0.29) is 39.0 Å². The molecule has 3 rings (SSSR count). The molecule has 1 saturated heterocycles. The van der Waals surface area contributed by atoms with Gasteiger partial charge in [0, 0.05) is 18.5 Å². The van der Waals surface area contributed by atoms with Gasteiger partial charge in [-0.15, -0.1) is 0 Å². The van der Waals surface area contributed by atoms with E-state index < -0.39 is 41.7 Å². The monoisotopic (exact) mass is 403 g/mol. The van der Waals surface area contributed by atoms with E-state index in [9.17, 15) is 24.0 Å². The zero-order valence-electron chi connectivity index (χ0n) is 15.6. The first-order valence-electron chi connectivity index (χ1n) is 9.23. The van der Waals surface area contributed by atoms with Crippen LogP contribution in [0.1, 0.15) is 41.2 Å². The van der Waals surface area contributed by atoms with E-state index in [1.165, 1.54) is 0 Å². The van der Waals surface area contributed by atoms with Crippen molar-refractivity contribution in [3.8, 4) is 0 Å².